The molecular formula is C11H17F2N3O. The number of hydrogen-bond donors (Lipinski definition) is 3. The minimum absolute atomic E-state index is 0.140. The lowest BCUT2D eigenvalue weighted by molar-refractivity contribution is -0.131. The van der Waals surface area contributed by atoms with E-state index in [9.17, 15) is 13.6 Å². The summed E-state index contributed by atoms with van der Waals surface area (Å²) in [7, 11) is 0. The van der Waals surface area contributed by atoms with Crippen LogP contribution in [-0.4, -0.2) is 11.8 Å². The third-order valence-corrected chi connectivity index (χ3v) is 2.73. The molecule has 1 fully saturated rings. The van der Waals surface area contributed by atoms with Crippen molar-refractivity contribution >= 4 is 5.91 Å². The Balaban J connectivity index is 2.58. The van der Waals surface area contributed by atoms with Crippen LogP contribution < -0.4 is 16.8 Å². The summed E-state index contributed by atoms with van der Waals surface area (Å²) in [5, 5.41) is 2.47. The molecule has 5 N–H and O–H groups in total. The fourth-order valence-corrected chi connectivity index (χ4v) is 1.88. The summed E-state index contributed by atoms with van der Waals surface area (Å²) in [6, 6.07) is 0. The van der Waals surface area contributed by atoms with Crippen molar-refractivity contribution < 1.29 is 13.6 Å². The highest BCUT2D eigenvalue weighted by atomic mass is 19.3. The van der Waals surface area contributed by atoms with Gasteiger partial charge in [-0.2, -0.15) is 0 Å². The van der Waals surface area contributed by atoms with Gasteiger partial charge in [-0.3, -0.25) is 4.79 Å². The summed E-state index contributed by atoms with van der Waals surface area (Å²) in [5.74, 6) is -3.84. The predicted octanol–water partition coefficient (Wildman–Crippen LogP) is 1.20. The zero-order valence-corrected chi connectivity index (χ0v) is 9.46. The largest absolute Gasteiger partial charge is 0.405 e. The third-order valence-electron chi connectivity index (χ3n) is 2.73. The molecule has 0 aromatic rings. The number of hydrogen-bond acceptors (Lipinski definition) is 3. The van der Waals surface area contributed by atoms with Gasteiger partial charge < -0.3 is 16.8 Å². The molecule has 96 valence electrons. The van der Waals surface area contributed by atoms with E-state index >= 15 is 0 Å². The van der Waals surface area contributed by atoms with E-state index in [1.54, 1.807) is 0 Å². The maximum absolute atomic E-state index is 13.1. The van der Waals surface area contributed by atoms with Crippen LogP contribution in [-0.2, 0) is 4.79 Å². The minimum atomic E-state index is -2.74. The summed E-state index contributed by atoms with van der Waals surface area (Å²) in [5.41, 5.74) is 10.7. The lowest BCUT2D eigenvalue weighted by Gasteiger charge is -2.28. The second-order valence-electron chi connectivity index (χ2n) is 4.12. The number of alkyl halides is 2. The van der Waals surface area contributed by atoms with Crippen molar-refractivity contribution in [1.29, 1.82) is 0 Å². The first-order chi connectivity index (χ1) is 7.98. The highest BCUT2D eigenvalue weighted by molar-refractivity contribution is 5.81. The molecule has 0 saturated heterocycles. The molecule has 4 nitrogen and oxygen atoms in total. The number of amides is 1. The van der Waals surface area contributed by atoms with E-state index < -0.39 is 24.2 Å². The van der Waals surface area contributed by atoms with Gasteiger partial charge in [0.1, 0.15) is 0 Å². The van der Waals surface area contributed by atoms with Crippen LogP contribution in [0.5, 0.6) is 0 Å². The van der Waals surface area contributed by atoms with E-state index in [4.69, 9.17) is 11.5 Å². The summed E-state index contributed by atoms with van der Waals surface area (Å²) in [4.78, 5) is 11.7. The molecule has 0 aliphatic heterocycles. The number of carbonyl (C=O) groups excluding carboxylic acids is 1. The van der Waals surface area contributed by atoms with E-state index in [0.717, 1.165) is 0 Å². The van der Waals surface area contributed by atoms with Crippen molar-refractivity contribution in [3.63, 3.8) is 0 Å². The lowest BCUT2D eigenvalue weighted by Crippen LogP contribution is -2.37. The third kappa shape index (κ3) is 4.05. The van der Waals surface area contributed by atoms with Crippen molar-refractivity contribution in [3.05, 3.63) is 24.2 Å². The first-order valence-corrected chi connectivity index (χ1v) is 5.47. The molecule has 1 amide bonds. The summed E-state index contributed by atoms with van der Waals surface area (Å²) in [6.07, 6.45) is 4.09. The Morgan fingerprint density at radius 1 is 1.41 bits per heavy atom. The van der Waals surface area contributed by atoms with Crippen molar-refractivity contribution in [1.82, 2.24) is 5.32 Å². The molecule has 1 atom stereocenters. The summed E-state index contributed by atoms with van der Waals surface area (Å²) >= 11 is 0. The number of halogens is 2. The van der Waals surface area contributed by atoms with Gasteiger partial charge in [0.15, 0.2) is 0 Å². The number of carbonyl (C=O) groups is 1. The van der Waals surface area contributed by atoms with Crippen LogP contribution in [0.15, 0.2) is 24.2 Å². The highest BCUT2D eigenvalue weighted by Crippen LogP contribution is 2.36. The molecule has 0 aromatic carbocycles. The van der Waals surface area contributed by atoms with Gasteiger partial charge >= 0.3 is 0 Å². The van der Waals surface area contributed by atoms with Gasteiger partial charge in [-0.05, 0) is 25.1 Å². The Hall–Kier alpha value is -1.59. The van der Waals surface area contributed by atoms with Gasteiger partial charge in [-0.15, -0.1) is 0 Å². The minimum Gasteiger partial charge on any atom is -0.405 e. The first-order valence-electron chi connectivity index (χ1n) is 5.47. The Morgan fingerprint density at radius 3 is 2.65 bits per heavy atom. The van der Waals surface area contributed by atoms with Crippen LogP contribution in [0.1, 0.15) is 25.7 Å². The van der Waals surface area contributed by atoms with Crippen LogP contribution in [0.2, 0.25) is 0 Å². The van der Waals surface area contributed by atoms with E-state index in [2.05, 4.69) is 5.32 Å². The number of allylic oxidation sites excluding steroid dienone is 1. The smallest absolute Gasteiger partial charge is 0.248 e. The topological polar surface area (TPSA) is 81.1 Å². The molecule has 1 aliphatic rings. The summed E-state index contributed by atoms with van der Waals surface area (Å²) < 4.78 is 26.3. The SMILES string of the molecule is NC=C(/C=C\N)NC(=O)[C@H]1CCCC(F)(F)C1. The summed E-state index contributed by atoms with van der Waals surface area (Å²) in [6.45, 7) is 0. The monoisotopic (exact) mass is 245 g/mol. The van der Waals surface area contributed by atoms with Gasteiger partial charge in [0, 0.05) is 25.0 Å². The van der Waals surface area contributed by atoms with Crippen molar-refractivity contribution in [3.8, 4) is 0 Å². The molecule has 0 spiro atoms. The van der Waals surface area contributed by atoms with Crippen LogP contribution in [0.3, 0.4) is 0 Å². The van der Waals surface area contributed by atoms with E-state index in [1.165, 1.54) is 18.5 Å². The second-order valence-corrected chi connectivity index (χ2v) is 4.12. The van der Waals surface area contributed by atoms with Gasteiger partial charge in [-0.25, -0.2) is 8.78 Å². The van der Waals surface area contributed by atoms with Gasteiger partial charge in [-0.1, -0.05) is 0 Å². The molecule has 1 rings (SSSR count). The standard InChI is InChI=1S/C11H17F2N3O/c12-11(13)4-1-2-8(6-11)10(17)16-9(7-15)3-5-14/h3,5,7-8H,1-2,4,6,14-15H2,(H,16,17)/b5-3-,9-7?/t8-/m0/s1. The maximum atomic E-state index is 13.1. The molecule has 6 heteroatoms. The Morgan fingerprint density at radius 2 is 2.12 bits per heavy atom. The fourth-order valence-electron chi connectivity index (χ4n) is 1.88. The van der Waals surface area contributed by atoms with Crippen LogP contribution >= 0.6 is 0 Å². The molecule has 0 radical (unpaired) electrons. The quantitative estimate of drug-likeness (QED) is 0.653. The molecule has 1 aliphatic carbocycles. The Bertz CT molecular complexity index is 340. The molecule has 0 heterocycles. The van der Waals surface area contributed by atoms with Crippen LogP contribution in [0.25, 0.3) is 0 Å². The predicted molar refractivity (Wildman–Crippen MR) is 60.6 cm³/mol. The van der Waals surface area contributed by atoms with Crippen LogP contribution in [0, 0.1) is 5.92 Å². The van der Waals surface area contributed by atoms with Crippen molar-refractivity contribution in [2.75, 3.05) is 0 Å². The van der Waals surface area contributed by atoms with E-state index in [0.29, 0.717) is 18.5 Å². The van der Waals surface area contributed by atoms with Crippen LogP contribution in [0.4, 0.5) is 8.78 Å². The van der Waals surface area contributed by atoms with E-state index in [-0.39, 0.29) is 6.42 Å². The normalized spacial score (nSPS) is 24.8. The lowest BCUT2D eigenvalue weighted by atomic mass is 9.86. The number of rotatable bonds is 3. The van der Waals surface area contributed by atoms with Gasteiger partial charge in [0.05, 0.1) is 5.70 Å². The number of nitrogens with two attached hydrogens (primary N) is 2. The number of nitrogens with one attached hydrogen (secondary N) is 1. The average Bonchev–Trinajstić information content (AvgIpc) is 2.27. The zero-order valence-electron chi connectivity index (χ0n) is 9.46. The average molecular weight is 245 g/mol. The fraction of sp³-hybridized carbons (Fsp3) is 0.545. The second kappa shape index (κ2) is 5.65. The van der Waals surface area contributed by atoms with Gasteiger partial charge in [0.25, 0.3) is 0 Å². The maximum Gasteiger partial charge on any atom is 0.248 e. The van der Waals surface area contributed by atoms with Crippen molar-refractivity contribution in [2.24, 2.45) is 17.4 Å². The molecule has 1 saturated carbocycles. The molecule has 0 aromatic heterocycles. The Kier molecular flexibility index (Phi) is 4.48. The molecule has 0 bridgehead atoms. The molecular weight excluding hydrogens is 228 g/mol. The molecule has 0 unspecified atom stereocenters. The van der Waals surface area contributed by atoms with E-state index in [1.807, 2.05) is 0 Å². The molecule has 17 heavy (non-hydrogen) atoms. The highest BCUT2D eigenvalue weighted by Gasteiger charge is 2.39. The van der Waals surface area contributed by atoms with Crippen molar-refractivity contribution in [2.45, 2.75) is 31.6 Å². The zero-order chi connectivity index (χ0) is 12.9. The van der Waals surface area contributed by atoms with Gasteiger partial charge in [0.2, 0.25) is 11.8 Å². The first kappa shape index (κ1) is 13.5. The Labute approximate surface area is 98.7 Å².